The molecule has 0 aromatic carbocycles. The van der Waals surface area contributed by atoms with Crippen LogP contribution in [0.1, 0.15) is 34.6 Å². The fourth-order valence-electron chi connectivity index (χ4n) is 2.56. The summed E-state index contributed by atoms with van der Waals surface area (Å²) < 4.78 is 4.18. The van der Waals surface area contributed by atoms with Gasteiger partial charge in [0.05, 0.1) is 15.2 Å². The molecule has 1 aliphatic rings. The molecule has 0 radical (unpaired) electrons. The van der Waals surface area contributed by atoms with Gasteiger partial charge in [-0.1, -0.05) is 22.8 Å². The Morgan fingerprint density at radius 1 is 1.52 bits per heavy atom. The molecule has 1 aliphatic heterocycles. The number of aliphatic imine (C=N–C) groups is 1. The predicted molar refractivity (Wildman–Crippen MR) is 98.3 cm³/mol. The van der Waals surface area contributed by atoms with Gasteiger partial charge in [0, 0.05) is 18.9 Å². The van der Waals surface area contributed by atoms with E-state index in [-0.39, 0.29) is 21.1 Å². The molecule has 0 saturated carbocycles. The van der Waals surface area contributed by atoms with Crippen molar-refractivity contribution in [3.63, 3.8) is 0 Å². The van der Waals surface area contributed by atoms with Gasteiger partial charge in [0.25, 0.3) is 5.70 Å². The van der Waals surface area contributed by atoms with E-state index < -0.39 is 10.5 Å². The van der Waals surface area contributed by atoms with Gasteiger partial charge in [-0.15, -0.1) is 0 Å². The van der Waals surface area contributed by atoms with Crippen LogP contribution in [0.4, 0.5) is 0 Å². The van der Waals surface area contributed by atoms with Crippen molar-refractivity contribution < 1.29 is 4.92 Å². The Hall–Kier alpha value is -1.76. The van der Waals surface area contributed by atoms with E-state index in [1.165, 1.54) is 6.08 Å². The number of hydrogen-bond donors (Lipinski definition) is 1. The lowest BCUT2D eigenvalue weighted by Gasteiger charge is -2.41. The monoisotopic (exact) mass is 338 g/mol. The molecule has 7 heteroatoms. The normalized spacial score (nSPS) is 28.4. The largest absolute Gasteiger partial charge is 0.386 e. The van der Waals surface area contributed by atoms with Gasteiger partial charge >= 0.3 is 0 Å². The minimum atomic E-state index is -0.668. The minimum absolute atomic E-state index is 0.0242. The van der Waals surface area contributed by atoms with E-state index in [1.807, 2.05) is 27.7 Å². The van der Waals surface area contributed by atoms with E-state index in [0.29, 0.717) is 11.6 Å². The van der Waals surface area contributed by atoms with E-state index in [4.69, 9.17) is 10.7 Å². The van der Waals surface area contributed by atoms with Crippen molar-refractivity contribution in [2.75, 3.05) is 12.8 Å². The number of rotatable bonds is 4. The molecule has 0 spiro atoms. The van der Waals surface area contributed by atoms with Crippen molar-refractivity contribution in [2.24, 2.45) is 15.1 Å². The van der Waals surface area contributed by atoms with Gasteiger partial charge in [-0.3, -0.25) is 19.5 Å². The van der Waals surface area contributed by atoms with Crippen LogP contribution in [-0.4, -0.2) is 33.8 Å². The second kappa shape index (κ2) is 6.78. The first-order valence-electron chi connectivity index (χ1n) is 7.35. The summed E-state index contributed by atoms with van der Waals surface area (Å²) in [6.07, 6.45) is 3.02. The number of nitro groups is 1. The van der Waals surface area contributed by atoms with Gasteiger partial charge in [0.2, 0.25) is 0 Å². The highest BCUT2D eigenvalue weighted by Crippen LogP contribution is 2.36. The van der Waals surface area contributed by atoms with Crippen LogP contribution in [0.5, 0.6) is 0 Å². The van der Waals surface area contributed by atoms with Crippen molar-refractivity contribution >= 4 is 16.5 Å². The molecule has 0 saturated heterocycles. The van der Waals surface area contributed by atoms with Crippen LogP contribution in [-0.2, 0) is 10.7 Å². The fourth-order valence-corrected chi connectivity index (χ4v) is 4.54. The zero-order valence-electron chi connectivity index (χ0n) is 14.7. The molecule has 2 atom stereocenters. The van der Waals surface area contributed by atoms with Gasteiger partial charge < -0.3 is 5.73 Å². The number of nitrogens with two attached hydrogens (primary N) is 1. The second-order valence-corrected chi connectivity index (χ2v) is 8.69. The van der Waals surface area contributed by atoms with Gasteiger partial charge in [-0.25, -0.2) is 0 Å². The molecule has 0 amide bonds. The Labute approximate surface area is 140 Å². The maximum atomic E-state index is 11.1. The lowest BCUT2D eigenvalue weighted by atomic mass is 9.88. The molecular weight excluding hydrogens is 312 g/mol. The molecule has 1 rings (SSSR count). The van der Waals surface area contributed by atoms with Gasteiger partial charge in [0.1, 0.15) is 5.84 Å². The molecular formula is C16H26N4O2S. The lowest BCUT2D eigenvalue weighted by Crippen LogP contribution is -2.53. The van der Waals surface area contributed by atoms with E-state index in [2.05, 4.69) is 10.9 Å². The Balaban J connectivity index is 3.56. The smallest absolute Gasteiger partial charge is 0.265 e. The molecule has 0 fully saturated rings. The maximum Gasteiger partial charge on any atom is 0.265 e. The first-order chi connectivity index (χ1) is 10.5. The van der Waals surface area contributed by atoms with Crippen molar-refractivity contribution in [2.45, 2.75) is 44.9 Å². The van der Waals surface area contributed by atoms with Crippen LogP contribution in [0.2, 0.25) is 0 Å². The van der Waals surface area contributed by atoms with Crippen molar-refractivity contribution in [1.82, 2.24) is 0 Å². The summed E-state index contributed by atoms with van der Waals surface area (Å²) in [7, 11) is 1.45. The summed E-state index contributed by atoms with van der Waals surface area (Å²) in [5.41, 5.74) is 7.03. The van der Waals surface area contributed by atoms with Crippen LogP contribution < -0.4 is 5.73 Å². The zero-order chi connectivity index (χ0) is 18.0. The van der Waals surface area contributed by atoms with Crippen LogP contribution in [0.25, 0.3) is 0 Å². The SMILES string of the molecule is C=C(C)/C(=C\C(=C/C)[N+](=O)[O-])[C@]1(C)CS(=NC)C(C)(C)C(N)=N1. The average molecular weight is 338 g/mol. The predicted octanol–water partition coefficient (Wildman–Crippen LogP) is 3.01. The maximum absolute atomic E-state index is 11.1. The number of amidine groups is 1. The molecule has 23 heavy (non-hydrogen) atoms. The van der Waals surface area contributed by atoms with E-state index in [1.54, 1.807) is 20.0 Å². The number of hydrogen-bond acceptors (Lipinski definition) is 5. The van der Waals surface area contributed by atoms with E-state index in [0.717, 1.165) is 11.1 Å². The highest BCUT2D eigenvalue weighted by Gasteiger charge is 2.42. The first-order valence-corrected chi connectivity index (χ1v) is 8.70. The lowest BCUT2D eigenvalue weighted by molar-refractivity contribution is -0.419. The van der Waals surface area contributed by atoms with Gasteiger partial charge in [0.15, 0.2) is 0 Å². The summed E-state index contributed by atoms with van der Waals surface area (Å²) in [5.74, 6) is 1.18. The quantitative estimate of drug-likeness (QED) is 0.485. The van der Waals surface area contributed by atoms with E-state index in [9.17, 15) is 10.1 Å². The Morgan fingerprint density at radius 3 is 2.48 bits per heavy atom. The summed E-state index contributed by atoms with van der Waals surface area (Å²) in [6.45, 7) is 13.4. The fraction of sp³-hybridized carbons (Fsp3) is 0.562. The Bertz CT molecular complexity index is 659. The van der Waals surface area contributed by atoms with E-state index >= 15 is 0 Å². The van der Waals surface area contributed by atoms with Crippen molar-refractivity contribution in [3.8, 4) is 0 Å². The van der Waals surface area contributed by atoms with Gasteiger partial charge in [-0.2, -0.15) is 0 Å². The number of allylic oxidation sites excluding steroid dienone is 2. The van der Waals surface area contributed by atoms with Crippen LogP contribution >= 0.6 is 0 Å². The minimum Gasteiger partial charge on any atom is -0.386 e. The Kier molecular flexibility index (Phi) is 5.69. The molecule has 0 aromatic rings. The summed E-state index contributed by atoms with van der Waals surface area (Å²) in [4.78, 5) is 15.4. The van der Waals surface area contributed by atoms with Crippen LogP contribution in [0.15, 0.2) is 44.9 Å². The third-order valence-electron chi connectivity index (χ3n) is 4.05. The van der Waals surface area contributed by atoms with Crippen molar-refractivity contribution in [1.29, 1.82) is 0 Å². The topological polar surface area (TPSA) is 93.9 Å². The zero-order valence-corrected chi connectivity index (χ0v) is 15.5. The average Bonchev–Trinajstić information content (AvgIpc) is 2.43. The third-order valence-corrected chi connectivity index (χ3v) is 6.71. The Morgan fingerprint density at radius 2 is 2.09 bits per heavy atom. The standard InChI is InChI=1S/C16H26N4O2S/c1-8-12(20(21)22)9-13(11(2)3)16(6)10-23(18-7)15(4,5)14(17)19-16/h8-9H,2,10H2,1,3-7H3,(H2,17,19)/b12-8+,13-9+/t16-,23?/m0/s1. The summed E-state index contributed by atoms with van der Waals surface area (Å²) in [5, 5.41) is 11.1. The molecule has 0 bridgehead atoms. The molecule has 1 unspecified atom stereocenters. The van der Waals surface area contributed by atoms with Gasteiger partial charge in [-0.05, 0) is 46.3 Å². The van der Waals surface area contributed by atoms with Crippen LogP contribution in [0.3, 0.4) is 0 Å². The highest BCUT2D eigenvalue weighted by atomic mass is 32.2. The molecule has 2 N–H and O–H groups in total. The molecule has 0 aliphatic carbocycles. The van der Waals surface area contributed by atoms with Crippen molar-refractivity contribution in [3.05, 3.63) is 45.7 Å². The number of nitrogens with zero attached hydrogens (tertiary/aromatic N) is 3. The summed E-state index contributed by atoms with van der Waals surface area (Å²) >= 11 is 0. The molecule has 0 aromatic heterocycles. The first kappa shape index (κ1) is 19.3. The third kappa shape index (κ3) is 3.77. The molecule has 128 valence electrons. The second-order valence-electron chi connectivity index (χ2n) is 6.28. The summed E-state index contributed by atoms with van der Waals surface area (Å²) in [6, 6.07) is 0. The highest BCUT2D eigenvalue weighted by molar-refractivity contribution is 7.89. The van der Waals surface area contributed by atoms with Crippen LogP contribution in [0, 0.1) is 10.1 Å². The molecule has 6 nitrogen and oxygen atoms in total. The molecule has 1 heterocycles.